The summed E-state index contributed by atoms with van der Waals surface area (Å²) in [6.45, 7) is 0.107. The molecule has 0 aromatic heterocycles. The largest absolute Gasteiger partial charge is 0.479 e. The van der Waals surface area contributed by atoms with E-state index in [1.165, 1.54) is 12.8 Å². The Hall–Kier alpha value is -1.69. The first-order chi connectivity index (χ1) is 6.88. The Labute approximate surface area is 83.3 Å². The summed E-state index contributed by atoms with van der Waals surface area (Å²) in [6, 6.07) is 10.3. The number of nitriles is 1. The molecule has 1 aromatic rings. The van der Waals surface area contributed by atoms with Gasteiger partial charge in [-0.05, 0) is 37.1 Å². The van der Waals surface area contributed by atoms with Crippen molar-refractivity contribution in [3.05, 3.63) is 24.3 Å². The quantitative estimate of drug-likeness (QED) is 0.787. The zero-order valence-electron chi connectivity index (χ0n) is 7.86. The molecule has 0 saturated heterocycles. The van der Waals surface area contributed by atoms with Crippen molar-refractivity contribution in [2.75, 3.05) is 11.9 Å². The molecule has 1 saturated carbocycles. The molecule has 0 heterocycles. The molecule has 0 radical (unpaired) electrons. The van der Waals surface area contributed by atoms with Crippen molar-refractivity contribution in [1.82, 2.24) is 0 Å². The van der Waals surface area contributed by atoms with Crippen LogP contribution in [-0.4, -0.2) is 12.6 Å². The van der Waals surface area contributed by atoms with Gasteiger partial charge in [0.25, 0.3) is 0 Å². The summed E-state index contributed by atoms with van der Waals surface area (Å²) >= 11 is 0. The van der Waals surface area contributed by atoms with E-state index in [1.54, 1.807) is 0 Å². The molecule has 3 nitrogen and oxygen atoms in total. The minimum Gasteiger partial charge on any atom is -0.479 e. The summed E-state index contributed by atoms with van der Waals surface area (Å²) in [5.74, 6) is 0.743. The second kappa shape index (κ2) is 4.01. The molecule has 72 valence electrons. The Morgan fingerprint density at radius 2 is 2.07 bits per heavy atom. The number of rotatable bonds is 4. The van der Waals surface area contributed by atoms with E-state index in [0.717, 1.165) is 11.4 Å². The van der Waals surface area contributed by atoms with Gasteiger partial charge in [0.15, 0.2) is 6.61 Å². The maximum Gasteiger partial charge on any atom is 0.174 e. The van der Waals surface area contributed by atoms with E-state index in [1.807, 2.05) is 30.3 Å². The van der Waals surface area contributed by atoms with Crippen molar-refractivity contribution in [2.24, 2.45) is 0 Å². The van der Waals surface area contributed by atoms with Gasteiger partial charge in [0.05, 0.1) is 0 Å². The van der Waals surface area contributed by atoms with Crippen LogP contribution < -0.4 is 10.1 Å². The number of hydrogen-bond acceptors (Lipinski definition) is 3. The van der Waals surface area contributed by atoms with E-state index < -0.39 is 0 Å². The summed E-state index contributed by atoms with van der Waals surface area (Å²) < 4.78 is 5.14. The number of nitrogens with zero attached hydrogens (tertiary/aromatic N) is 1. The fourth-order valence-corrected chi connectivity index (χ4v) is 1.23. The van der Waals surface area contributed by atoms with Crippen molar-refractivity contribution in [3.8, 4) is 11.8 Å². The molecule has 0 atom stereocenters. The Morgan fingerprint density at radius 1 is 1.36 bits per heavy atom. The molecular weight excluding hydrogens is 176 g/mol. The minimum atomic E-state index is 0.107. The van der Waals surface area contributed by atoms with Crippen LogP contribution >= 0.6 is 0 Å². The van der Waals surface area contributed by atoms with Gasteiger partial charge in [-0.1, -0.05) is 0 Å². The average Bonchev–Trinajstić information content (AvgIpc) is 3.01. The topological polar surface area (TPSA) is 45.0 Å². The van der Waals surface area contributed by atoms with Gasteiger partial charge in [-0.3, -0.25) is 0 Å². The molecule has 1 N–H and O–H groups in total. The molecule has 1 aliphatic rings. The Bertz CT molecular complexity index is 335. The first-order valence-electron chi connectivity index (χ1n) is 4.75. The number of ether oxygens (including phenoxy) is 1. The van der Waals surface area contributed by atoms with Crippen LogP contribution in [0, 0.1) is 11.3 Å². The van der Waals surface area contributed by atoms with Crippen molar-refractivity contribution in [1.29, 1.82) is 5.26 Å². The fourth-order valence-electron chi connectivity index (χ4n) is 1.23. The van der Waals surface area contributed by atoms with Crippen LogP contribution in [0.15, 0.2) is 24.3 Å². The molecule has 14 heavy (non-hydrogen) atoms. The van der Waals surface area contributed by atoms with E-state index in [4.69, 9.17) is 10.00 Å². The monoisotopic (exact) mass is 188 g/mol. The maximum atomic E-state index is 8.32. The lowest BCUT2D eigenvalue weighted by atomic mass is 10.3. The van der Waals surface area contributed by atoms with Crippen molar-refractivity contribution in [2.45, 2.75) is 18.9 Å². The van der Waals surface area contributed by atoms with Crippen LogP contribution in [-0.2, 0) is 0 Å². The highest BCUT2D eigenvalue weighted by molar-refractivity contribution is 5.47. The summed E-state index contributed by atoms with van der Waals surface area (Å²) in [5.41, 5.74) is 1.12. The van der Waals surface area contributed by atoms with Crippen LogP contribution in [0.1, 0.15) is 12.8 Å². The highest BCUT2D eigenvalue weighted by Crippen LogP contribution is 2.25. The molecule has 2 rings (SSSR count). The molecule has 0 amide bonds. The third-order valence-corrected chi connectivity index (χ3v) is 2.11. The van der Waals surface area contributed by atoms with E-state index >= 15 is 0 Å². The van der Waals surface area contributed by atoms with E-state index in [9.17, 15) is 0 Å². The van der Waals surface area contributed by atoms with Gasteiger partial charge in [-0.15, -0.1) is 0 Å². The summed E-state index contributed by atoms with van der Waals surface area (Å²) in [4.78, 5) is 0. The molecule has 0 spiro atoms. The summed E-state index contributed by atoms with van der Waals surface area (Å²) in [6.07, 6.45) is 2.54. The highest BCUT2D eigenvalue weighted by atomic mass is 16.5. The van der Waals surface area contributed by atoms with Gasteiger partial charge < -0.3 is 10.1 Å². The predicted octanol–water partition coefficient (Wildman–Crippen LogP) is 2.16. The van der Waals surface area contributed by atoms with Crippen LogP contribution in [0.3, 0.4) is 0 Å². The van der Waals surface area contributed by atoms with E-state index in [2.05, 4.69) is 5.32 Å². The molecule has 1 aliphatic carbocycles. The molecule has 0 bridgehead atoms. The van der Waals surface area contributed by atoms with E-state index in [-0.39, 0.29) is 6.61 Å². The number of benzene rings is 1. The lowest BCUT2D eigenvalue weighted by Gasteiger charge is -2.05. The lowest BCUT2D eigenvalue weighted by molar-refractivity contribution is 0.368. The first-order valence-corrected chi connectivity index (χ1v) is 4.75. The standard InChI is InChI=1S/C11H12N2O/c12-7-8-14-11-5-3-10(4-6-11)13-9-1-2-9/h3-6,9,13H,1-2,8H2. The van der Waals surface area contributed by atoms with Gasteiger partial charge in [-0.2, -0.15) is 5.26 Å². The van der Waals surface area contributed by atoms with Gasteiger partial charge in [0, 0.05) is 11.7 Å². The third kappa shape index (κ3) is 2.40. The lowest BCUT2D eigenvalue weighted by Crippen LogP contribution is -2.00. The van der Waals surface area contributed by atoms with Gasteiger partial charge in [0.2, 0.25) is 0 Å². The van der Waals surface area contributed by atoms with Gasteiger partial charge in [0.1, 0.15) is 11.8 Å². The van der Waals surface area contributed by atoms with Crippen molar-refractivity contribution < 1.29 is 4.74 Å². The minimum absolute atomic E-state index is 0.107. The Balaban J connectivity index is 1.91. The zero-order valence-corrected chi connectivity index (χ0v) is 7.86. The Morgan fingerprint density at radius 3 is 2.64 bits per heavy atom. The van der Waals surface area contributed by atoms with Gasteiger partial charge >= 0.3 is 0 Å². The molecule has 0 aliphatic heterocycles. The molecule has 1 fully saturated rings. The smallest absolute Gasteiger partial charge is 0.174 e. The Kier molecular flexibility index (Phi) is 2.55. The molecular formula is C11H12N2O. The van der Waals surface area contributed by atoms with Crippen molar-refractivity contribution in [3.63, 3.8) is 0 Å². The van der Waals surface area contributed by atoms with Crippen LogP contribution in [0.5, 0.6) is 5.75 Å². The zero-order chi connectivity index (χ0) is 9.80. The summed E-state index contributed by atoms with van der Waals surface area (Å²) in [7, 11) is 0. The molecule has 1 aromatic carbocycles. The van der Waals surface area contributed by atoms with E-state index in [0.29, 0.717) is 6.04 Å². The normalized spacial score (nSPS) is 14.5. The fraction of sp³-hybridized carbons (Fsp3) is 0.364. The van der Waals surface area contributed by atoms with Crippen LogP contribution in [0.25, 0.3) is 0 Å². The molecule has 3 heteroatoms. The van der Waals surface area contributed by atoms with Crippen LogP contribution in [0.2, 0.25) is 0 Å². The van der Waals surface area contributed by atoms with Crippen molar-refractivity contribution >= 4 is 5.69 Å². The SMILES string of the molecule is N#CCOc1ccc(NC2CC2)cc1. The number of hydrogen-bond donors (Lipinski definition) is 1. The van der Waals surface area contributed by atoms with Gasteiger partial charge in [-0.25, -0.2) is 0 Å². The number of nitrogens with one attached hydrogen (secondary N) is 1. The predicted molar refractivity (Wildman–Crippen MR) is 54.2 cm³/mol. The maximum absolute atomic E-state index is 8.32. The number of anilines is 1. The molecule has 0 unspecified atom stereocenters. The van der Waals surface area contributed by atoms with Crippen LogP contribution in [0.4, 0.5) is 5.69 Å². The first kappa shape index (κ1) is 8.89. The second-order valence-corrected chi connectivity index (χ2v) is 3.39. The highest BCUT2D eigenvalue weighted by Gasteiger charge is 2.20. The average molecular weight is 188 g/mol. The third-order valence-electron chi connectivity index (χ3n) is 2.11. The second-order valence-electron chi connectivity index (χ2n) is 3.39. The summed E-state index contributed by atoms with van der Waals surface area (Å²) in [5, 5.41) is 11.7.